The molecule has 0 saturated carbocycles. The van der Waals surface area contributed by atoms with E-state index in [2.05, 4.69) is 51.8 Å². The molecule has 6 aromatic rings. The summed E-state index contributed by atoms with van der Waals surface area (Å²) in [4.78, 5) is 65.5. The van der Waals surface area contributed by atoms with Crippen molar-refractivity contribution in [2.45, 2.75) is 119 Å². The lowest BCUT2D eigenvalue weighted by atomic mass is 9.98. The summed E-state index contributed by atoms with van der Waals surface area (Å²) >= 11 is 3.22. The molecule has 0 radical (unpaired) electrons. The topological polar surface area (TPSA) is 197 Å². The minimum atomic E-state index is -0.674. The van der Waals surface area contributed by atoms with E-state index in [-0.39, 0.29) is 19.4 Å². The summed E-state index contributed by atoms with van der Waals surface area (Å²) in [5.41, 5.74) is 6.38. The highest BCUT2D eigenvalue weighted by atomic mass is 32.1. The van der Waals surface area contributed by atoms with Crippen LogP contribution in [0.5, 0.6) is 0 Å². The van der Waals surface area contributed by atoms with E-state index in [1.54, 1.807) is 46.9 Å². The molecule has 2 atom stereocenters. The number of benzene rings is 2. The third kappa shape index (κ3) is 9.63. The molecule has 0 unspecified atom stereocenters. The normalized spacial score (nSPS) is 15.5. The van der Waals surface area contributed by atoms with Crippen LogP contribution in [-0.4, -0.2) is 82.5 Å². The largest absolute Gasteiger partial charge is 0.460 e. The molecule has 0 fully saturated rings. The van der Waals surface area contributed by atoms with E-state index in [4.69, 9.17) is 19.5 Å². The van der Waals surface area contributed by atoms with Gasteiger partial charge in [-0.15, -0.1) is 43.1 Å². The average molecular weight is 943 g/mol. The zero-order valence-electron chi connectivity index (χ0n) is 39.7. The minimum Gasteiger partial charge on any atom is -0.460 e. The van der Waals surface area contributed by atoms with Gasteiger partial charge in [0.15, 0.2) is 11.6 Å². The number of nitrogens with zero attached hydrogens (tertiary/aromatic N) is 8. The third-order valence-corrected chi connectivity index (χ3v) is 13.7. The molecule has 0 saturated heterocycles. The molecule has 2 amide bonds. The number of aromatic nitrogens is 6. The van der Waals surface area contributed by atoms with Gasteiger partial charge in [-0.3, -0.25) is 38.3 Å². The van der Waals surface area contributed by atoms with E-state index in [0.29, 0.717) is 46.0 Å². The zero-order chi connectivity index (χ0) is 48.3. The van der Waals surface area contributed by atoms with Crippen LogP contribution in [0.3, 0.4) is 0 Å². The van der Waals surface area contributed by atoms with Gasteiger partial charge in [0.1, 0.15) is 44.9 Å². The van der Waals surface area contributed by atoms with Crippen molar-refractivity contribution in [1.29, 1.82) is 0 Å². The summed E-state index contributed by atoms with van der Waals surface area (Å²) in [6.45, 7) is 22.7. The lowest BCUT2D eigenvalue weighted by molar-refractivity contribution is -0.156. The van der Waals surface area contributed by atoms with Crippen LogP contribution in [0.1, 0.15) is 143 Å². The highest BCUT2D eigenvalue weighted by Gasteiger charge is 2.35. The van der Waals surface area contributed by atoms with Crippen LogP contribution in [0.15, 0.2) is 58.5 Å². The Morgan fingerprint density at radius 3 is 1.45 bits per heavy atom. The number of fused-ring (bicyclic) bond motifs is 6. The van der Waals surface area contributed by atoms with Crippen molar-refractivity contribution in [3.8, 4) is 10.0 Å². The molecule has 2 aliphatic heterocycles. The standard InChI is InChI=1S/C49H54N10O6S2/c1-24-26(3)66-46-39(24)41(52-34(21-37(61)64-48(7,8)9)43-56-54-28(5)58(43)46)30-13-15-32(16-14-30)45(63)50-23-36(60)51-33-19-17-31(18-20-33)42-40-25(2)27(4)67-47(40)59-29(6)55-57-44(59)35(53-42)22-38(62)65-49(10,11)12/h13-20,34-35H,21-23H2,1-12H3,(H,50,63)(H,51,60)/t34-,35-/m0/s1. The molecule has 16 nitrogen and oxygen atoms in total. The molecule has 0 bridgehead atoms. The fraction of sp³-hybridized carbons (Fsp3) is 0.388. The SMILES string of the molecule is Cc1sc2c(c1C)C(c1ccc(NC(=O)CNC(=O)c3ccc(C4=N[C@@H](CC(=O)OC(C)(C)C)c5nnc(C)n5-c5sc(C)c(C)c54)cc3)cc1)=N[C@@H](CC(=O)OC(C)(C)C)c1nnc(C)n1-2. The van der Waals surface area contributed by atoms with Crippen molar-refractivity contribution < 1.29 is 28.7 Å². The first-order chi connectivity index (χ1) is 31.6. The van der Waals surface area contributed by atoms with Crippen LogP contribution in [0, 0.1) is 41.5 Å². The Hall–Kier alpha value is -6.66. The number of rotatable bonds is 10. The van der Waals surface area contributed by atoms with E-state index in [1.165, 1.54) is 0 Å². The lowest BCUT2D eigenvalue weighted by Crippen LogP contribution is -2.32. The third-order valence-electron chi connectivity index (χ3n) is 11.3. The van der Waals surface area contributed by atoms with Crippen LogP contribution in [-0.2, 0) is 23.9 Å². The summed E-state index contributed by atoms with van der Waals surface area (Å²) in [5, 5.41) is 25.1. The Morgan fingerprint density at radius 1 is 0.612 bits per heavy atom. The van der Waals surface area contributed by atoms with Gasteiger partial charge in [-0.1, -0.05) is 24.3 Å². The molecule has 2 N–H and O–H groups in total. The van der Waals surface area contributed by atoms with Gasteiger partial charge in [0, 0.05) is 43.3 Å². The Labute approximate surface area is 397 Å². The molecule has 0 spiro atoms. The molecule has 67 heavy (non-hydrogen) atoms. The van der Waals surface area contributed by atoms with Gasteiger partial charge in [0.05, 0.1) is 30.8 Å². The predicted molar refractivity (Wildman–Crippen MR) is 258 cm³/mol. The number of hydrogen-bond acceptors (Lipinski definition) is 14. The summed E-state index contributed by atoms with van der Waals surface area (Å²) in [6.07, 6.45) is -0.0598. The molecule has 2 aromatic carbocycles. The van der Waals surface area contributed by atoms with Crippen molar-refractivity contribution in [1.82, 2.24) is 34.8 Å². The average Bonchev–Trinajstić information content (AvgIpc) is 3.94. The molecule has 2 aliphatic rings. The number of amides is 2. The summed E-state index contributed by atoms with van der Waals surface area (Å²) < 4.78 is 15.3. The van der Waals surface area contributed by atoms with Crippen LogP contribution < -0.4 is 10.6 Å². The first-order valence-corrected chi connectivity index (χ1v) is 23.6. The smallest absolute Gasteiger partial charge is 0.308 e. The molecule has 8 rings (SSSR count). The maximum atomic E-state index is 13.4. The Morgan fingerprint density at radius 2 is 1.03 bits per heavy atom. The summed E-state index contributed by atoms with van der Waals surface area (Å²) in [5.74, 6) is 0.839. The van der Waals surface area contributed by atoms with Crippen molar-refractivity contribution >= 4 is 63.5 Å². The summed E-state index contributed by atoms with van der Waals surface area (Å²) in [6, 6.07) is 13.0. The number of anilines is 1. The first-order valence-electron chi connectivity index (χ1n) is 22.0. The van der Waals surface area contributed by atoms with E-state index in [1.807, 2.05) is 95.7 Å². The maximum Gasteiger partial charge on any atom is 0.308 e. The monoisotopic (exact) mass is 942 g/mol. The number of hydrogen-bond donors (Lipinski definition) is 2. The second-order valence-corrected chi connectivity index (χ2v) is 21.2. The van der Waals surface area contributed by atoms with Crippen molar-refractivity contribution in [2.75, 3.05) is 11.9 Å². The second kappa shape index (κ2) is 17.9. The van der Waals surface area contributed by atoms with Crippen LogP contribution in [0.2, 0.25) is 0 Å². The van der Waals surface area contributed by atoms with E-state index in [9.17, 15) is 19.2 Å². The van der Waals surface area contributed by atoms with Gasteiger partial charge in [-0.2, -0.15) is 0 Å². The maximum absolute atomic E-state index is 13.4. The van der Waals surface area contributed by atoms with Crippen LogP contribution >= 0.6 is 22.7 Å². The summed E-state index contributed by atoms with van der Waals surface area (Å²) in [7, 11) is 0. The molecule has 6 heterocycles. The van der Waals surface area contributed by atoms with Gasteiger partial charge in [0.25, 0.3) is 5.91 Å². The fourth-order valence-electron chi connectivity index (χ4n) is 8.09. The molecule has 4 aromatic heterocycles. The first kappa shape index (κ1) is 46.9. The van der Waals surface area contributed by atoms with E-state index in [0.717, 1.165) is 53.1 Å². The number of aliphatic imine (C=N–C) groups is 2. The molecular formula is C49H54N10O6S2. The molecule has 0 aliphatic carbocycles. The number of ether oxygens (including phenoxy) is 2. The molecule has 348 valence electrons. The highest BCUT2D eigenvalue weighted by molar-refractivity contribution is 7.15. The van der Waals surface area contributed by atoms with Crippen molar-refractivity contribution in [3.05, 3.63) is 121 Å². The fourth-order valence-corrected chi connectivity index (χ4v) is 10.5. The van der Waals surface area contributed by atoms with Gasteiger partial charge < -0.3 is 20.1 Å². The Balaban J connectivity index is 0.976. The number of esters is 2. The number of thiophene rings is 2. The quantitative estimate of drug-likeness (QED) is 0.126. The van der Waals surface area contributed by atoms with Crippen molar-refractivity contribution in [3.63, 3.8) is 0 Å². The number of aryl methyl sites for hydroxylation is 4. The molecular weight excluding hydrogens is 889 g/mol. The number of nitrogens with one attached hydrogen (secondary N) is 2. The van der Waals surface area contributed by atoms with Gasteiger partial charge in [-0.05, 0) is 118 Å². The van der Waals surface area contributed by atoms with Crippen molar-refractivity contribution in [2.24, 2.45) is 9.98 Å². The number of carbonyl (C=O) groups excluding carboxylic acids is 4. The Kier molecular flexibility index (Phi) is 12.5. The van der Waals surface area contributed by atoms with Gasteiger partial charge in [-0.25, -0.2) is 0 Å². The minimum absolute atomic E-state index is 0.0243. The van der Waals surface area contributed by atoms with Gasteiger partial charge in [0.2, 0.25) is 5.91 Å². The Bertz CT molecular complexity index is 3010. The van der Waals surface area contributed by atoms with Crippen LogP contribution in [0.25, 0.3) is 10.0 Å². The second-order valence-electron chi connectivity index (χ2n) is 18.8. The number of carbonyl (C=O) groups is 4. The van der Waals surface area contributed by atoms with E-state index < -0.39 is 47.0 Å². The van der Waals surface area contributed by atoms with Gasteiger partial charge >= 0.3 is 11.9 Å². The lowest BCUT2D eigenvalue weighted by Gasteiger charge is -2.21. The predicted octanol–water partition coefficient (Wildman–Crippen LogP) is 8.44. The zero-order valence-corrected chi connectivity index (χ0v) is 41.4. The molecule has 18 heteroatoms. The highest BCUT2D eigenvalue weighted by Crippen LogP contribution is 2.41. The van der Waals surface area contributed by atoms with Crippen LogP contribution in [0.4, 0.5) is 5.69 Å². The van der Waals surface area contributed by atoms with E-state index >= 15 is 0 Å².